The maximum Gasteiger partial charge on any atom is 0.0772 e. The number of aliphatic hydroxyl groups is 2. The molecular formula is C11H22O3. The van der Waals surface area contributed by atoms with Crippen LogP contribution in [0.5, 0.6) is 0 Å². The fourth-order valence-electron chi connectivity index (χ4n) is 2.27. The van der Waals surface area contributed by atoms with Crippen LogP contribution in [0, 0.1) is 0 Å². The van der Waals surface area contributed by atoms with Crippen molar-refractivity contribution in [3.8, 4) is 0 Å². The summed E-state index contributed by atoms with van der Waals surface area (Å²) in [5, 5.41) is 18.0. The number of aliphatic hydroxyl groups excluding tert-OH is 2. The van der Waals surface area contributed by atoms with E-state index in [0.29, 0.717) is 6.42 Å². The summed E-state index contributed by atoms with van der Waals surface area (Å²) in [5.41, 5.74) is -0.0194. The van der Waals surface area contributed by atoms with Gasteiger partial charge in [-0.05, 0) is 25.7 Å². The molecule has 1 aliphatic rings. The molecular weight excluding hydrogens is 180 g/mol. The minimum Gasteiger partial charge on any atom is -0.394 e. The molecule has 0 bridgehead atoms. The van der Waals surface area contributed by atoms with Crippen LogP contribution in [0.2, 0.25) is 0 Å². The fraction of sp³-hybridized carbons (Fsp3) is 1.00. The summed E-state index contributed by atoms with van der Waals surface area (Å²) in [6.07, 6.45) is 6.88. The largest absolute Gasteiger partial charge is 0.394 e. The zero-order chi connectivity index (χ0) is 10.4. The number of ether oxygens (including phenoxy) is 1. The topological polar surface area (TPSA) is 49.7 Å². The summed E-state index contributed by atoms with van der Waals surface area (Å²) >= 11 is 0. The molecule has 1 atom stereocenters. The van der Waals surface area contributed by atoms with Crippen molar-refractivity contribution < 1.29 is 14.9 Å². The van der Waals surface area contributed by atoms with Crippen LogP contribution in [-0.4, -0.2) is 35.6 Å². The van der Waals surface area contributed by atoms with Crippen molar-refractivity contribution in [1.82, 2.24) is 0 Å². The summed E-state index contributed by atoms with van der Waals surface area (Å²) in [6, 6.07) is 0. The molecule has 0 heterocycles. The Morgan fingerprint density at radius 1 is 1.29 bits per heavy atom. The molecule has 2 N–H and O–H groups in total. The van der Waals surface area contributed by atoms with Crippen molar-refractivity contribution in [2.24, 2.45) is 0 Å². The molecule has 1 aliphatic carbocycles. The highest BCUT2D eigenvalue weighted by atomic mass is 16.5. The molecule has 0 aliphatic heterocycles. The quantitative estimate of drug-likeness (QED) is 0.709. The van der Waals surface area contributed by atoms with Crippen LogP contribution in [0.25, 0.3) is 0 Å². The molecule has 0 radical (unpaired) electrons. The van der Waals surface area contributed by atoms with Gasteiger partial charge in [0.2, 0.25) is 0 Å². The SMILES string of the molecule is COC1(CCC(O)CO)CCCCC1. The highest BCUT2D eigenvalue weighted by Crippen LogP contribution is 2.35. The average Bonchev–Trinajstić information content (AvgIpc) is 2.27. The summed E-state index contributed by atoms with van der Waals surface area (Å²) in [6.45, 7) is -0.139. The van der Waals surface area contributed by atoms with Gasteiger partial charge in [-0.3, -0.25) is 0 Å². The highest BCUT2D eigenvalue weighted by Gasteiger charge is 2.31. The molecule has 3 heteroatoms. The molecule has 0 aromatic heterocycles. The van der Waals surface area contributed by atoms with E-state index in [-0.39, 0.29) is 12.2 Å². The first-order valence-electron chi connectivity index (χ1n) is 5.56. The van der Waals surface area contributed by atoms with Gasteiger partial charge in [0.15, 0.2) is 0 Å². The van der Waals surface area contributed by atoms with Crippen LogP contribution in [0.1, 0.15) is 44.9 Å². The minimum atomic E-state index is -0.580. The second-order valence-corrected chi connectivity index (χ2v) is 4.32. The lowest BCUT2D eigenvalue weighted by Gasteiger charge is -2.36. The molecule has 0 aromatic rings. The van der Waals surface area contributed by atoms with Crippen molar-refractivity contribution >= 4 is 0 Å². The Balaban J connectivity index is 2.36. The molecule has 1 saturated carbocycles. The van der Waals surface area contributed by atoms with Crippen LogP contribution in [0.4, 0.5) is 0 Å². The second kappa shape index (κ2) is 5.69. The van der Waals surface area contributed by atoms with Crippen LogP contribution in [0.3, 0.4) is 0 Å². The Labute approximate surface area is 86.1 Å². The van der Waals surface area contributed by atoms with Gasteiger partial charge < -0.3 is 14.9 Å². The summed E-state index contributed by atoms with van der Waals surface area (Å²) < 4.78 is 5.58. The predicted octanol–water partition coefficient (Wildman–Crippen LogP) is 1.47. The van der Waals surface area contributed by atoms with E-state index >= 15 is 0 Å². The lowest BCUT2D eigenvalue weighted by atomic mass is 9.81. The molecule has 3 nitrogen and oxygen atoms in total. The third-order valence-electron chi connectivity index (χ3n) is 3.34. The van der Waals surface area contributed by atoms with Gasteiger partial charge >= 0.3 is 0 Å². The minimum absolute atomic E-state index is 0.0194. The van der Waals surface area contributed by atoms with E-state index in [9.17, 15) is 5.11 Å². The van der Waals surface area contributed by atoms with Crippen molar-refractivity contribution in [3.63, 3.8) is 0 Å². The summed E-state index contributed by atoms with van der Waals surface area (Å²) in [4.78, 5) is 0. The maximum atomic E-state index is 9.29. The molecule has 1 fully saturated rings. The lowest BCUT2D eigenvalue weighted by molar-refractivity contribution is -0.0560. The van der Waals surface area contributed by atoms with Gasteiger partial charge in [-0.25, -0.2) is 0 Å². The van der Waals surface area contributed by atoms with Crippen molar-refractivity contribution in [2.45, 2.75) is 56.7 Å². The Kier molecular flexibility index (Phi) is 4.85. The molecule has 0 saturated heterocycles. The van der Waals surface area contributed by atoms with E-state index in [1.807, 2.05) is 0 Å². The lowest BCUT2D eigenvalue weighted by Crippen LogP contribution is -2.35. The van der Waals surface area contributed by atoms with E-state index in [2.05, 4.69) is 0 Å². The molecule has 14 heavy (non-hydrogen) atoms. The van der Waals surface area contributed by atoms with Gasteiger partial charge in [0, 0.05) is 7.11 Å². The number of hydrogen-bond donors (Lipinski definition) is 2. The third kappa shape index (κ3) is 3.23. The van der Waals surface area contributed by atoms with Crippen LogP contribution < -0.4 is 0 Å². The Morgan fingerprint density at radius 3 is 2.43 bits per heavy atom. The van der Waals surface area contributed by atoms with Gasteiger partial charge in [0.1, 0.15) is 0 Å². The Morgan fingerprint density at radius 2 is 1.93 bits per heavy atom. The van der Waals surface area contributed by atoms with Crippen molar-refractivity contribution in [3.05, 3.63) is 0 Å². The number of hydrogen-bond acceptors (Lipinski definition) is 3. The fourth-order valence-corrected chi connectivity index (χ4v) is 2.27. The van der Waals surface area contributed by atoms with E-state index in [4.69, 9.17) is 9.84 Å². The maximum absolute atomic E-state index is 9.29. The second-order valence-electron chi connectivity index (χ2n) is 4.32. The van der Waals surface area contributed by atoms with Crippen LogP contribution in [-0.2, 0) is 4.74 Å². The smallest absolute Gasteiger partial charge is 0.0772 e. The number of methoxy groups -OCH3 is 1. The van der Waals surface area contributed by atoms with Gasteiger partial charge in [-0.15, -0.1) is 0 Å². The van der Waals surface area contributed by atoms with Gasteiger partial charge in [-0.1, -0.05) is 19.3 Å². The summed E-state index contributed by atoms with van der Waals surface area (Å²) in [5.74, 6) is 0. The van der Waals surface area contributed by atoms with Crippen molar-refractivity contribution in [2.75, 3.05) is 13.7 Å². The van der Waals surface area contributed by atoms with Gasteiger partial charge in [0.05, 0.1) is 18.3 Å². The van der Waals surface area contributed by atoms with Gasteiger partial charge in [-0.2, -0.15) is 0 Å². The standard InChI is InChI=1S/C11H22O3/c1-14-11(6-3-2-4-7-11)8-5-10(13)9-12/h10,12-13H,2-9H2,1H3. The summed E-state index contributed by atoms with van der Waals surface area (Å²) in [7, 11) is 1.76. The Bertz CT molecular complexity index is 153. The van der Waals surface area contributed by atoms with Crippen LogP contribution in [0.15, 0.2) is 0 Å². The van der Waals surface area contributed by atoms with E-state index in [1.54, 1.807) is 7.11 Å². The Hall–Kier alpha value is -0.120. The van der Waals surface area contributed by atoms with E-state index in [1.165, 1.54) is 19.3 Å². The monoisotopic (exact) mass is 202 g/mol. The number of rotatable bonds is 5. The predicted molar refractivity (Wildman–Crippen MR) is 55.2 cm³/mol. The zero-order valence-electron chi connectivity index (χ0n) is 9.04. The molecule has 1 rings (SSSR count). The van der Waals surface area contributed by atoms with Crippen molar-refractivity contribution in [1.29, 1.82) is 0 Å². The normalized spacial score (nSPS) is 23.4. The average molecular weight is 202 g/mol. The van der Waals surface area contributed by atoms with E-state index < -0.39 is 6.10 Å². The molecule has 0 amide bonds. The zero-order valence-corrected chi connectivity index (χ0v) is 9.04. The molecule has 0 aromatic carbocycles. The van der Waals surface area contributed by atoms with Gasteiger partial charge in [0.25, 0.3) is 0 Å². The first-order chi connectivity index (χ1) is 6.72. The first kappa shape index (κ1) is 12.0. The molecule has 0 spiro atoms. The van der Waals surface area contributed by atoms with E-state index in [0.717, 1.165) is 19.3 Å². The molecule has 1 unspecified atom stereocenters. The third-order valence-corrected chi connectivity index (χ3v) is 3.34. The highest BCUT2D eigenvalue weighted by molar-refractivity contribution is 4.84. The molecule has 84 valence electrons. The first-order valence-corrected chi connectivity index (χ1v) is 5.56. The van der Waals surface area contributed by atoms with Crippen LogP contribution >= 0.6 is 0 Å².